The Balaban J connectivity index is 1.97. The summed E-state index contributed by atoms with van der Waals surface area (Å²) in [4.78, 5) is 2.25. The minimum Gasteiger partial charge on any atom is -0.309 e. The molecular formula is C14H19F3N2. The van der Waals surface area contributed by atoms with Crippen LogP contribution in [0.3, 0.4) is 0 Å². The van der Waals surface area contributed by atoms with Gasteiger partial charge in [0, 0.05) is 30.8 Å². The second kappa shape index (κ2) is 5.92. The van der Waals surface area contributed by atoms with Gasteiger partial charge < -0.3 is 10.2 Å². The van der Waals surface area contributed by atoms with E-state index < -0.39 is 17.5 Å². The van der Waals surface area contributed by atoms with Crippen LogP contribution in [0, 0.1) is 23.4 Å². The Morgan fingerprint density at radius 2 is 1.89 bits per heavy atom. The fraction of sp³-hybridized carbons (Fsp3) is 0.571. The molecule has 1 fully saturated rings. The van der Waals surface area contributed by atoms with E-state index in [2.05, 4.69) is 24.2 Å². The van der Waals surface area contributed by atoms with Crippen molar-refractivity contribution >= 4 is 0 Å². The zero-order valence-corrected chi connectivity index (χ0v) is 11.2. The lowest BCUT2D eigenvalue weighted by Gasteiger charge is -2.35. The molecule has 1 aromatic rings. The van der Waals surface area contributed by atoms with Gasteiger partial charge in [0.15, 0.2) is 11.6 Å². The molecule has 1 saturated heterocycles. The highest BCUT2D eigenvalue weighted by molar-refractivity contribution is 5.20. The van der Waals surface area contributed by atoms with Gasteiger partial charge in [0.1, 0.15) is 5.82 Å². The lowest BCUT2D eigenvalue weighted by molar-refractivity contribution is 0.174. The number of piperidine rings is 1. The molecule has 1 heterocycles. The van der Waals surface area contributed by atoms with Gasteiger partial charge in [-0.15, -0.1) is 0 Å². The summed E-state index contributed by atoms with van der Waals surface area (Å²) in [5, 5.41) is 3.24. The van der Waals surface area contributed by atoms with Crippen molar-refractivity contribution in [3.8, 4) is 0 Å². The van der Waals surface area contributed by atoms with Crippen LogP contribution < -0.4 is 5.32 Å². The Hall–Kier alpha value is -1.07. The van der Waals surface area contributed by atoms with Gasteiger partial charge in [-0.3, -0.25) is 0 Å². The number of likely N-dealkylation sites (tertiary alicyclic amines) is 1. The maximum Gasteiger partial charge on any atom is 0.161 e. The van der Waals surface area contributed by atoms with E-state index in [1.165, 1.54) is 0 Å². The maximum absolute atomic E-state index is 13.5. The Labute approximate surface area is 111 Å². The monoisotopic (exact) mass is 272 g/mol. The number of hydrogen-bond donors (Lipinski definition) is 1. The standard InChI is InChI=1S/C14H19F3N2/c1-9-8-19(2)4-3-14(9)18-7-10-5-12(16)13(17)6-11(10)15/h5-6,9,14,18H,3-4,7-8H2,1-2H3. The Morgan fingerprint density at radius 1 is 1.21 bits per heavy atom. The minimum absolute atomic E-state index is 0.171. The molecule has 1 aromatic carbocycles. The molecule has 2 atom stereocenters. The fourth-order valence-electron chi connectivity index (χ4n) is 2.60. The number of nitrogens with one attached hydrogen (secondary N) is 1. The maximum atomic E-state index is 13.5. The van der Waals surface area contributed by atoms with Crippen molar-refractivity contribution < 1.29 is 13.2 Å². The van der Waals surface area contributed by atoms with Crippen molar-refractivity contribution in [2.45, 2.75) is 25.9 Å². The predicted octanol–water partition coefficient (Wildman–Crippen LogP) is 2.53. The van der Waals surface area contributed by atoms with Crippen molar-refractivity contribution in [1.82, 2.24) is 10.2 Å². The van der Waals surface area contributed by atoms with E-state index >= 15 is 0 Å². The molecule has 0 aromatic heterocycles. The first-order chi connectivity index (χ1) is 8.97. The van der Waals surface area contributed by atoms with Gasteiger partial charge in [0.25, 0.3) is 0 Å². The smallest absolute Gasteiger partial charge is 0.161 e. The molecule has 0 bridgehead atoms. The second-order valence-electron chi connectivity index (χ2n) is 5.37. The van der Waals surface area contributed by atoms with Crippen LogP contribution in [0.1, 0.15) is 18.9 Å². The van der Waals surface area contributed by atoms with Crippen molar-refractivity contribution in [1.29, 1.82) is 0 Å². The van der Waals surface area contributed by atoms with Crippen molar-refractivity contribution in [2.24, 2.45) is 5.92 Å². The fourth-order valence-corrected chi connectivity index (χ4v) is 2.60. The van der Waals surface area contributed by atoms with Gasteiger partial charge in [-0.25, -0.2) is 13.2 Å². The number of benzene rings is 1. The van der Waals surface area contributed by atoms with Crippen LogP contribution in [-0.4, -0.2) is 31.1 Å². The van der Waals surface area contributed by atoms with Crippen LogP contribution in [0.25, 0.3) is 0 Å². The van der Waals surface area contributed by atoms with Gasteiger partial charge in [-0.2, -0.15) is 0 Å². The van der Waals surface area contributed by atoms with Crippen LogP contribution in [0.4, 0.5) is 13.2 Å². The summed E-state index contributed by atoms with van der Waals surface area (Å²) in [5.41, 5.74) is 0.171. The van der Waals surface area contributed by atoms with Crippen LogP contribution >= 0.6 is 0 Å². The van der Waals surface area contributed by atoms with Gasteiger partial charge in [0.2, 0.25) is 0 Å². The molecular weight excluding hydrogens is 253 g/mol. The van der Waals surface area contributed by atoms with Crippen LogP contribution in [0.5, 0.6) is 0 Å². The first-order valence-corrected chi connectivity index (χ1v) is 6.52. The van der Waals surface area contributed by atoms with Gasteiger partial charge in [-0.1, -0.05) is 6.92 Å². The number of hydrogen-bond acceptors (Lipinski definition) is 2. The molecule has 0 saturated carbocycles. The summed E-state index contributed by atoms with van der Waals surface area (Å²) in [6.07, 6.45) is 0.975. The lowest BCUT2D eigenvalue weighted by Crippen LogP contribution is -2.46. The molecule has 0 aliphatic carbocycles. The van der Waals surface area contributed by atoms with Crippen LogP contribution in [0.2, 0.25) is 0 Å². The molecule has 19 heavy (non-hydrogen) atoms. The highest BCUT2D eigenvalue weighted by Gasteiger charge is 2.23. The first-order valence-electron chi connectivity index (χ1n) is 6.52. The largest absolute Gasteiger partial charge is 0.309 e. The summed E-state index contributed by atoms with van der Waals surface area (Å²) in [6, 6.07) is 1.81. The third-order valence-electron chi connectivity index (χ3n) is 3.75. The first kappa shape index (κ1) is 14.3. The molecule has 1 aliphatic rings. The Kier molecular flexibility index (Phi) is 4.47. The molecule has 106 valence electrons. The summed E-state index contributed by atoms with van der Waals surface area (Å²) >= 11 is 0. The average Bonchev–Trinajstić information content (AvgIpc) is 2.34. The van der Waals surface area contributed by atoms with E-state index in [0.717, 1.165) is 25.6 Å². The molecule has 2 unspecified atom stereocenters. The number of rotatable bonds is 3. The topological polar surface area (TPSA) is 15.3 Å². The highest BCUT2D eigenvalue weighted by atomic mass is 19.2. The SMILES string of the molecule is CC1CN(C)CCC1NCc1cc(F)c(F)cc1F. The molecule has 2 rings (SSSR count). The molecule has 0 spiro atoms. The summed E-state index contributed by atoms with van der Waals surface area (Å²) in [5.74, 6) is -2.40. The number of nitrogens with zero attached hydrogens (tertiary/aromatic N) is 1. The summed E-state index contributed by atoms with van der Waals surface area (Å²) in [7, 11) is 2.07. The van der Waals surface area contributed by atoms with Gasteiger partial charge in [-0.05, 0) is 32.0 Å². The normalized spacial score (nSPS) is 24.7. The van der Waals surface area contributed by atoms with E-state index in [1.54, 1.807) is 0 Å². The van der Waals surface area contributed by atoms with E-state index in [-0.39, 0.29) is 18.2 Å². The third kappa shape index (κ3) is 3.48. The highest BCUT2D eigenvalue weighted by Crippen LogP contribution is 2.18. The molecule has 2 nitrogen and oxygen atoms in total. The van der Waals surface area contributed by atoms with Crippen molar-refractivity contribution in [3.63, 3.8) is 0 Å². The van der Waals surface area contributed by atoms with E-state index in [9.17, 15) is 13.2 Å². The van der Waals surface area contributed by atoms with E-state index in [0.29, 0.717) is 12.0 Å². The zero-order chi connectivity index (χ0) is 14.0. The predicted molar refractivity (Wildman–Crippen MR) is 68.2 cm³/mol. The second-order valence-corrected chi connectivity index (χ2v) is 5.37. The quantitative estimate of drug-likeness (QED) is 0.851. The molecule has 5 heteroatoms. The van der Waals surface area contributed by atoms with Gasteiger partial charge in [0.05, 0.1) is 0 Å². The Morgan fingerprint density at radius 3 is 2.58 bits per heavy atom. The van der Waals surface area contributed by atoms with E-state index in [4.69, 9.17) is 0 Å². The van der Waals surface area contributed by atoms with E-state index in [1.807, 2.05) is 0 Å². The van der Waals surface area contributed by atoms with Crippen molar-refractivity contribution in [2.75, 3.05) is 20.1 Å². The zero-order valence-electron chi connectivity index (χ0n) is 11.2. The van der Waals surface area contributed by atoms with Crippen LogP contribution in [-0.2, 0) is 6.54 Å². The molecule has 1 N–H and O–H groups in total. The third-order valence-corrected chi connectivity index (χ3v) is 3.75. The number of halogens is 3. The molecule has 1 aliphatic heterocycles. The lowest BCUT2D eigenvalue weighted by atomic mass is 9.94. The molecule has 0 amide bonds. The molecule has 0 radical (unpaired) electrons. The minimum atomic E-state index is -1.14. The summed E-state index contributed by atoms with van der Waals surface area (Å²) in [6.45, 7) is 4.33. The van der Waals surface area contributed by atoms with Crippen molar-refractivity contribution in [3.05, 3.63) is 35.1 Å². The van der Waals surface area contributed by atoms with Gasteiger partial charge >= 0.3 is 0 Å². The summed E-state index contributed by atoms with van der Waals surface area (Å²) < 4.78 is 39.4. The average molecular weight is 272 g/mol. The Bertz CT molecular complexity index is 451. The van der Waals surface area contributed by atoms with Crippen LogP contribution in [0.15, 0.2) is 12.1 Å².